The van der Waals surface area contributed by atoms with E-state index in [2.05, 4.69) is 22.3 Å². The zero-order chi connectivity index (χ0) is 23.2. The van der Waals surface area contributed by atoms with Crippen molar-refractivity contribution in [1.29, 1.82) is 0 Å². The third-order valence-corrected chi connectivity index (χ3v) is 6.83. The molecule has 1 N–H and O–H groups in total. The van der Waals surface area contributed by atoms with E-state index in [0.717, 1.165) is 35.5 Å². The van der Waals surface area contributed by atoms with Gasteiger partial charge in [0.15, 0.2) is 0 Å². The standard InChI is InChI=1S/C28H30ClFN2O/c1-20-15-22(11-12-27(20)30)24-16-25(28(33)31-14-13-21-7-3-2-4-8-21)19-32(18-24)17-23-9-5-6-10-26(23)29/h2-12,15,24-25H,13-14,16-19H2,1H3,(H,31,33)/t24-,25+/m0/s1. The number of piperidine rings is 1. The molecule has 1 saturated heterocycles. The highest BCUT2D eigenvalue weighted by atomic mass is 35.5. The first kappa shape index (κ1) is 23.5. The van der Waals surface area contributed by atoms with Crippen molar-refractivity contribution in [3.8, 4) is 0 Å². The van der Waals surface area contributed by atoms with Crippen LogP contribution in [0.25, 0.3) is 0 Å². The Hall–Kier alpha value is -2.69. The largest absolute Gasteiger partial charge is 0.355 e. The summed E-state index contributed by atoms with van der Waals surface area (Å²) >= 11 is 6.41. The molecule has 0 aliphatic carbocycles. The minimum absolute atomic E-state index is 0.0821. The average molecular weight is 465 g/mol. The molecule has 1 aliphatic heterocycles. The van der Waals surface area contributed by atoms with E-state index in [1.54, 1.807) is 6.92 Å². The quantitative estimate of drug-likeness (QED) is 0.482. The van der Waals surface area contributed by atoms with Crippen LogP contribution in [-0.4, -0.2) is 30.4 Å². The van der Waals surface area contributed by atoms with E-state index in [4.69, 9.17) is 11.6 Å². The summed E-state index contributed by atoms with van der Waals surface area (Å²) in [4.78, 5) is 15.4. The first-order valence-corrected chi connectivity index (χ1v) is 11.9. The van der Waals surface area contributed by atoms with Crippen molar-refractivity contribution in [3.63, 3.8) is 0 Å². The molecule has 3 nitrogen and oxygen atoms in total. The van der Waals surface area contributed by atoms with Gasteiger partial charge in [0, 0.05) is 31.2 Å². The summed E-state index contributed by atoms with van der Waals surface area (Å²) in [6, 6.07) is 23.3. The molecular formula is C28H30ClFN2O. The van der Waals surface area contributed by atoms with E-state index < -0.39 is 0 Å². The highest BCUT2D eigenvalue weighted by Gasteiger charge is 2.32. The zero-order valence-corrected chi connectivity index (χ0v) is 19.7. The third-order valence-electron chi connectivity index (χ3n) is 6.46. The van der Waals surface area contributed by atoms with Crippen LogP contribution in [0.5, 0.6) is 0 Å². The summed E-state index contributed by atoms with van der Waals surface area (Å²) in [5.74, 6) is -0.0888. The Bertz CT molecular complexity index is 1090. The molecule has 1 aliphatic rings. The molecule has 33 heavy (non-hydrogen) atoms. The number of nitrogens with one attached hydrogen (secondary N) is 1. The molecule has 4 rings (SSSR count). The number of rotatable bonds is 7. The summed E-state index contributed by atoms with van der Waals surface area (Å²) in [6.07, 6.45) is 1.56. The van der Waals surface area contributed by atoms with E-state index in [1.165, 1.54) is 11.6 Å². The van der Waals surface area contributed by atoms with Crippen LogP contribution >= 0.6 is 11.6 Å². The Morgan fingerprint density at radius 2 is 1.82 bits per heavy atom. The second-order valence-corrected chi connectivity index (χ2v) is 9.36. The number of carbonyl (C=O) groups is 1. The number of amides is 1. The molecule has 2 atom stereocenters. The second-order valence-electron chi connectivity index (χ2n) is 8.95. The van der Waals surface area contributed by atoms with Crippen molar-refractivity contribution in [2.75, 3.05) is 19.6 Å². The number of halogens is 2. The molecule has 3 aromatic carbocycles. The summed E-state index contributed by atoms with van der Waals surface area (Å²) < 4.78 is 13.9. The summed E-state index contributed by atoms with van der Waals surface area (Å²) in [7, 11) is 0. The molecule has 0 saturated carbocycles. The summed E-state index contributed by atoms with van der Waals surface area (Å²) in [6.45, 7) is 4.58. The maximum Gasteiger partial charge on any atom is 0.224 e. The van der Waals surface area contributed by atoms with E-state index in [1.807, 2.05) is 54.6 Å². The smallest absolute Gasteiger partial charge is 0.224 e. The van der Waals surface area contributed by atoms with Gasteiger partial charge in [0.05, 0.1) is 5.92 Å². The number of hydrogen-bond acceptors (Lipinski definition) is 2. The number of carbonyl (C=O) groups excluding carboxylic acids is 1. The van der Waals surface area contributed by atoms with Crippen LogP contribution in [0.2, 0.25) is 5.02 Å². The number of hydrogen-bond donors (Lipinski definition) is 1. The minimum atomic E-state index is -0.197. The predicted octanol–water partition coefficient (Wildman–Crippen LogP) is 5.75. The predicted molar refractivity (Wildman–Crippen MR) is 132 cm³/mol. The molecule has 172 valence electrons. The Morgan fingerprint density at radius 1 is 1.06 bits per heavy atom. The molecule has 1 amide bonds. The van der Waals surface area contributed by atoms with Crippen LogP contribution in [0.1, 0.15) is 34.6 Å². The maximum atomic E-state index is 13.9. The highest BCUT2D eigenvalue weighted by molar-refractivity contribution is 6.31. The van der Waals surface area contributed by atoms with Crippen LogP contribution in [0.3, 0.4) is 0 Å². The van der Waals surface area contributed by atoms with Gasteiger partial charge in [0.2, 0.25) is 5.91 Å². The molecule has 1 fully saturated rings. The molecule has 0 bridgehead atoms. The van der Waals surface area contributed by atoms with Crippen LogP contribution in [-0.2, 0) is 17.8 Å². The molecule has 5 heteroatoms. The molecule has 1 heterocycles. The molecule has 0 radical (unpaired) electrons. The third kappa shape index (κ3) is 6.21. The first-order valence-electron chi connectivity index (χ1n) is 11.5. The monoisotopic (exact) mass is 464 g/mol. The van der Waals surface area contributed by atoms with Gasteiger partial charge in [-0.05, 0) is 60.1 Å². The normalized spacial score (nSPS) is 18.8. The van der Waals surface area contributed by atoms with Crippen molar-refractivity contribution in [2.45, 2.75) is 32.2 Å². The van der Waals surface area contributed by atoms with Gasteiger partial charge in [-0.3, -0.25) is 9.69 Å². The zero-order valence-electron chi connectivity index (χ0n) is 18.9. The van der Waals surface area contributed by atoms with Crippen LogP contribution in [0.15, 0.2) is 72.8 Å². The van der Waals surface area contributed by atoms with Crippen molar-refractivity contribution >= 4 is 17.5 Å². The summed E-state index contributed by atoms with van der Waals surface area (Å²) in [5.41, 5.74) is 3.99. The molecule has 0 unspecified atom stereocenters. The number of aryl methyl sites for hydroxylation is 1. The fourth-order valence-corrected chi connectivity index (χ4v) is 4.85. The molecule has 3 aromatic rings. The highest BCUT2D eigenvalue weighted by Crippen LogP contribution is 2.33. The number of benzene rings is 3. The second kappa shape index (κ2) is 11.0. The van der Waals surface area contributed by atoms with E-state index in [0.29, 0.717) is 25.2 Å². The first-order chi connectivity index (χ1) is 16.0. The van der Waals surface area contributed by atoms with Gasteiger partial charge in [0.25, 0.3) is 0 Å². The summed E-state index contributed by atoms with van der Waals surface area (Å²) in [5, 5.41) is 3.87. The van der Waals surface area contributed by atoms with Gasteiger partial charge < -0.3 is 5.32 Å². The van der Waals surface area contributed by atoms with Crippen molar-refractivity contribution in [3.05, 3.63) is 106 Å². The van der Waals surface area contributed by atoms with Crippen molar-refractivity contribution in [2.24, 2.45) is 5.92 Å². The van der Waals surface area contributed by atoms with Gasteiger partial charge in [-0.15, -0.1) is 0 Å². The number of nitrogens with zero attached hydrogens (tertiary/aromatic N) is 1. The van der Waals surface area contributed by atoms with E-state index in [9.17, 15) is 9.18 Å². The maximum absolute atomic E-state index is 13.9. The lowest BCUT2D eigenvalue weighted by Crippen LogP contribution is -2.45. The van der Waals surface area contributed by atoms with Gasteiger partial charge in [-0.25, -0.2) is 4.39 Å². The van der Waals surface area contributed by atoms with Gasteiger partial charge in [-0.1, -0.05) is 72.3 Å². The van der Waals surface area contributed by atoms with Crippen LogP contribution in [0.4, 0.5) is 4.39 Å². The Labute approximate surface area is 200 Å². The lowest BCUT2D eigenvalue weighted by atomic mass is 9.83. The Morgan fingerprint density at radius 3 is 2.58 bits per heavy atom. The lowest BCUT2D eigenvalue weighted by Gasteiger charge is -2.37. The lowest BCUT2D eigenvalue weighted by molar-refractivity contribution is -0.127. The fourth-order valence-electron chi connectivity index (χ4n) is 4.66. The van der Waals surface area contributed by atoms with Crippen LogP contribution in [0, 0.1) is 18.7 Å². The molecule has 0 aromatic heterocycles. The SMILES string of the molecule is Cc1cc([C@H]2C[C@@H](C(=O)NCCc3ccccc3)CN(Cc3ccccc3Cl)C2)ccc1F. The topological polar surface area (TPSA) is 32.3 Å². The van der Waals surface area contributed by atoms with Gasteiger partial charge in [0.1, 0.15) is 5.82 Å². The minimum Gasteiger partial charge on any atom is -0.355 e. The van der Waals surface area contributed by atoms with Crippen LogP contribution < -0.4 is 5.32 Å². The fraction of sp³-hybridized carbons (Fsp3) is 0.321. The number of likely N-dealkylation sites (tertiary alicyclic amines) is 1. The molecular weight excluding hydrogens is 435 g/mol. The molecule has 0 spiro atoms. The van der Waals surface area contributed by atoms with Gasteiger partial charge in [-0.2, -0.15) is 0 Å². The van der Waals surface area contributed by atoms with Crippen molar-refractivity contribution < 1.29 is 9.18 Å². The Balaban J connectivity index is 1.47. The van der Waals surface area contributed by atoms with E-state index >= 15 is 0 Å². The average Bonchev–Trinajstić information content (AvgIpc) is 2.83. The van der Waals surface area contributed by atoms with Crippen molar-refractivity contribution in [1.82, 2.24) is 10.2 Å². The van der Waals surface area contributed by atoms with E-state index in [-0.39, 0.29) is 23.6 Å². The van der Waals surface area contributed by atoms with Gasteiger partial charge >= 0.3 is 0 Å². The Kier molecular flexibility index (Phi) is 7.79.